The van der Waals surface area contributed by atoms with Crippen molar-refractivity contribution in [1.29, 1.82) is 0 Å². The molecule has 0 bridgehead atoms. The Morgan fingerprint density at radius 1 is 1.22 bits per heavy atom. The van der Waals surface area contributed by atoms with Crippen LogP contribution in [-0.4, -0.2) is 11.1 Å². The first-order chi connectivity index (χ1) is 8.30. The van der Waals surface area contributed by atoms with Crippen molar-refractivity contribution in [2.24, 2.45) is 0 Å². The SMILES string of the molecule is O=C(O)c1cc2cccc(C(F)(F)F)c2cc1[O-]. The number of fused-ring (bicyclic) bond motifs is 1. The fraction of sp³-hybridized carbons (Fsp3) is 0.0833. The van der Waals surface area contributed by atoms with E-state index in [1.54, 1.807) is 0 Å². The van der Waals surface area contributed by atoms with Crippen LogP contribution in [0.1, 0.15) is 15.9 Å². The molecule has 0 saturated heterocycles. The summed E-state index contributed by atoms with van der Waals surface area (Å²) >= 11 is 0. The van der Waals surface area contributed by atoms with Crippen LogP contribution in [0.3, 0.4) is 0 Å². The maximum absolute atomic E-state index is 12.7. The van der Waals surface area contributed by atoms with E-state index in [1.165, 1.54) is 12.1 Å². The highest BCUT2D eigenvalue weighted by molar-refractivity contribution is 5.98. The summed E-state index contributed by atoms with van der Waals surface area (Å²) in [4.78, 5) is 10.7. The highest BCUT2D eigenvalue weighted by atomic mass is 19.4. The summed E-state index contributed by atoms with van der Waals surface area (Å²) in [5, 5.41) is 19.9. The summed E-state index contributed by atoms with van der Waals surface area (Å²) < 4.78 is 38.1. The average molecular weight is 255 g/mol. The molecule has 0 aliphatic heterocycles. The second-order valence-electron chi connectivity index (χ2n) is 3.68. The van der Waals surface area contributed by atoms with E-state index >= 15 is 0 Å². The molecule has 3 nitrogen and oxygen atoms in total. The number of carbonyl (C=O) groups is 1. The summed E-state index contributed by atoms with van der Waals surface area (Å²) in [6.45, 7) is 0. The number of hydrogen-bond acceptors (Lipinski definition) is 2. The number of halogens is 3. The molecule has 18 heavy (non-hydrogen) atoms. The van der Waals surface area contributed by atoms with E-state index in [4.69, 9.17) is 5.11 Å². The molecular formula is C12H6F3O3-. The summed E-state index contributed by atoms with van der Waals surface area (Å²) in [6, 6.07) is 5.01. The van der Waals surface area contributed by atoms with Gasteiger partial charge in [-0.25, -0.2) is 4.79 Å². The number of carboxylic acids is 1. The zero-order valence-corrected chi connectivity index (χ0v) is 8.78. The molecule has 0 spiro atoms. The van der Waals surface area contributed by atoms with Gasteiger partial charge < -0.3 is 10.2 Å². The molecule has 0 aliphatic rings. The Balaban J connectivity index is 2.81. The number of aromatic carboxylic acids is 1. The molecule has 2 aromatic carbocycles. The van der Waals surface area contributed by atoms with E-state index in [2.05, 4.69) is 0 Å². The van der Waals surface area contributed by atoms with Crippen LogP contribution < -0.4 is 5.11 Å². The Bertz CT molecular complexity index is 632. The first kappa shape index (κ1) is 12.2. The van der Waals surface area contributed by atoms with Crippen molar-refractivity contribution in [3.05, 3.63) is 41.5 Å². The van der Waals surface area contributed by atoms with Gasteiger partial charge in [-0.05, 0) is 22.9 Å². The first-order valence-corrected chi connectivity index (χ1v) is 4.85. The third-order valence-electron chi connectivity index (χ3n) is 2.52. The van der Waals surface area contributed by atoms with E-state index in [1.807, 2.05) is 0 Å². The Hall–Kier alpha value is -2.24. The Morgan fingerprint density at radius 3 is 2.44 bits per heavy atom. The number of rotatable bonds is 1. The minimum atomic E-state index is -4.59. The molecule has 1 N–H and O–H groups in total. The largest absolute Gasteiger partial charge is 0.872 e. The molecule has 6 heteroatoms. The van der Waals surface area contributed by atoms with Crippen molar-refractivity contribution in [3.63, 3.8) is 0 Å². The fourth-order valence-electron chi connectivity index (χ4n) is 1.72. The van der Waals surface area contributed by atoms with Gasteiger partial charge in [0.25, 0.3) is 0 Å². The van der Waals surface area contributed by atoms with Gasteiger partial charge >= 0.3 is 12.1 Å². The zero-order chi connectivity index (χ0) is 13.5. The third kappa shape index (κ3) is 1.97. The van der Waals surface area contributed by atoms with Gasteiger partial charge in [0.2, 0.25) is 0 Å². The van der Waals surface area contributed by atoms with Crippen LogP contribution >= 0.6 is 0 Å². The number of carboxylic acid groups (broad SMARTS) is 1. The second kappa shape index (κ2) is 3.90. The lowest BCUT2D eigenvalue weighted by Gasteiger charge is -2.15. The molecule has 0 saturated carbocycles. The number of alkyl halides is 3. The van der Waals surface area contributed by atoms with E-state index in [0.29, 0.717) is 6.07 Å². The molecule has 94 valence electrons. The number of hydrogen-bond donors (Lipinski definition) is 1. The highest BCUT2D eigenvalue weighted by Gasteiger charge is 2.32. The molecule has 0 aromatic heterocycles. The minimum Gasteiger partial charge on any atom is -0.872 e. The minimum absolute atomic E-state index is 0.0711. The van der Waals surface area contributed by atoms with Gasteiger partial charge in [-0.1, -0.05) is 23.9 Å². The normalized spacial score (nSPS) is 11.7. The monoisotopic (exact) mass is 255 g/mol. The molecule has 0 unspecified atom stereocenters. The van der Waals surface area contributed by atoms with Crippen LogP contribution in [0.2, 0.25) is 0 Å². The lowest BCUT2D eigenvalue weighted by Crippen LogP contribution is -2.08. The Morgan fingerprint density at radius 2 is 1.89 bits per heavy atom. The van der Waals surface area contributed by atoms with E-state index in [9.17, 15) is 23.1 Å². The first-order valence-electron chi connectivity index (χ1n) is 4.85. The predicted molar refractivity (Wildman–Crippen MR) is 55.4 cm³/mol. The molecule has 0 fully saturated rings. The van der Waals surface area contributed by atoms with Crippen LogP contribution in [0, 0.1) is 0 Å². The molecule has 0 heterocycles. The summed E-state index contributed by atoms with van der Waals surface area (Å²) in [6.07, 6.45) is -4.59. The van der Waals surface area contributed by atoms with E-state index < -0.39 is 29.0 Å². The van der Waals surface area contributed by atoms with Crippen LogP contribution in [0.25, 0.3) is 10.8 Å². The maximum Gasteiger partial charge on any atom is 0.417 e. The standard InChI is InChI=1S/C12H7F3O3/c13-12(14,15)9-3-1-2-6-4-8(11(17)18)10(16)5-7(6)9/h1-5,16H,(H,17,18)/p-1. The average Bonchev–Trinajstić information content (AvgIpc) is 2.25. The van der Waals surface area contributed by atoms with Crippen LogP contribution in [0.4, 0.5) is 13.2 Å². The topological polar surface area (TPSA) is 60.4 Å². The Labute approximate surface area is 99.1 Å². The van der Waals surface area contributed by atoms with E-state index in [0.717, 1.165) is 12.1 Å². The highest BCUT2D eigenvalue weighted by Crippen LogP contribution is 2.36. The molecular weight excluding hydrogens is 249 g/mol. The van der Waals surface area contributed by atoms with Gasteiger partial charge in [0.1, 0.15) is 0 Å². The predicted octanol–water partition coefficient (Wildman–Crippen LogP) is 2.63. The molecule has 2 rings (SSSR count). The van der Waals surface area contributed by atoms with Gasteiger partial charge in [-0.2, -0.15) is 13.2 Å². The van der Waals surface area contributed by atoms with Crippen molar-refractivity contribution in [1.82, 2.24) is 0 Å². The lowest BCUT2D eigenvalue weighted by atomic mass is 10.0. The quantitative estimate of drug-likeness (QED) is 0.852. The van der Waals surface area contributed by atoms with Crippen molar-refractivity contribution in [3.8, 4) is 5.75 Å². The van der Waals surface area contributed by atoms with Crippen LogP contribution in [0.15, 0.2) is 30.3 Å². The van der Waals surface area contributed by atoms with Crippen molar-refractivity contribution >= 4 is 16.7 Å². The smallest absolute Gasteiger partial charge is 0.417 e. The zero-order valence-electron chi connectivity index (χ0n) is 8.78. The maximum atomic E-state index is 12.7. The lowest BCUT2D eigenvalue weighted by molar-refractivity contribution is -0.268. The van der Waals surface area contributed by atoms with Crippen LogP contribution in [0.5, 0.6) is 5.75 Å². The van der Waals surface area contributed by atoms with Gasteiger partial charge in [-0.15, -0.1) is 0 Å². The summed E-state index contributed by atoms with van der Waals surface area (Å²) in [7, 11) is 0. The van der Waals surface area contributed by atoms with Gasteiger partial charge in [-0.3, -0.25) is 0 Å². The van der Waals surface area contributed by atoms with Crippen molar-refractivity contribution in [2.45, 2.75) is 6.18 Å². The van der Waals surface area contributed by atoms with Gasteiger partial charge in [0.05, 0.1) is 11.1 Å². The third-order valence-corrected chi connectivity index (χ3v) is 2.52. The molecule has 0 atom stereocenters. The summed E-state index contributed by atoms with van der Waals surface area (Å²) in [5.74, 6) is -2.40. The second-order valence-corrected chi connectivity index (χ2v) is 3.68. The fourth-order valence-corrected chi connectivity index (χ4v) is 1.72. The van der Waals surface area contributed by atoms with Crippen LogP contribution in [-0.2, 0) is 6.18 Å². The molecule has 2 aromatic rings. The number of benzene rings is 2. The molecule has 0 amide bonds. The van der Waals surface area contributed by atoms with Gasteiger partial charge in [0, 0.05) is 0 Å². The van der Waals surface area contributed by atoms with Gasteiger partial charge in [0.15, 0.2) is 0 Å². The van der Waals surface area contributed by atoms with E-state index in [-0.39, 0.29) is 10.8 Å². The molecule has 0 radical (unpaired) electrons. The van der Waals surface area contributed by atoms with Crippen molar-refractivity contribution in [2.75, 3.05) is 0 Å². The summed E-state index contributed by atoms with van der Waals surface area (Å²) in [5.41, 5.74) is -1.49. The molecule has 0 aliphatic carbocycles. The van der Waals surface area contributed by atoms with Crippen molar-refractivity contribution < 1.29 is 28.2 Å². The Kier molecular flexibility index (Phi) is 2.65.